The van der Waals surface area contributed by atoms with Crippen molar-refractivity contribution in [3.05, 3.63) is 39.7 Å². The maximum atomic E-state index is 13.9. The van der Waals surface area contributed by atoms with Crippen LogP contribution in [0, 0.1) is 11.6 Å². The van der Waals surface area contributed by atoms with E-state index in [-0.39, 0.29) is 16.9 Å². The summed E-state index contributed by atoms with van der Waals surface area (Å²) in [6.45, 7) is -1.41. The monoisotopic (exact) mass is 313 g/mol. The predicted molar refractivity (Wildman–Crippen MR) is 70.0 cm³/mol. The minimum Gasteiger partial charge on any atom is -0.477 e. The van der Waals surface area contributed by atoms with Crippen LogP contribution in [0.4, 0.5) is 13.2 Å². The fourth-order valence-electron chi connectivity index (χ4n) is 2.41. The van der Waals surface area contributed by atoms with Crippen molar-refractivity contribution >= 4 is 16.9 Å². The molecule has 1 aliphatic carbocycles. The summed E-state index contributed by atoms with van der Waals surface area (Å²) < 4.78 is 45.8. The second kappa shape index (κ2) is 5.04. The van der Waals surface area contributed by atoms with Crippen molar-refractivity contribution in [2.45, 2.75) is 18.9 Å². The van der Waals surface area contributed by atoms with Gasteiger partial charge in [0.05, 0.1) is 10.9 Å². The molecule has 1 heterocycles. The highest BCUT2D eigenvalue weighted by molar-refractivity contribution is 5.94. The Balaban J connectivity index is 2.48. The first-order chi connectivity index (χ1) is 10.5. The van der Waals surface area contributed by atoms with Gasteiger partial charge in [0, 0.05) is 12.2 Å². The third-order valence-electron chi connectivity index (χ3n) is 3.54. The summed E-state index contributed by atoms with van der Waals surface area (Å²) in [6, 6.07) is 0.455. The average Bonchev–Trinajstić information content (AvgIpc) is 3.29. The van der Waals surface area contributed by atoms with Gasteiger partial charge in [0.15, 0.2) is 11.6 Å². The first-order valence-corrected chi connectivity index (χ1v) is 6.44. The molecule has 1 N–H and O–H groups in total. The SMILES string of the molecule is O=C(O)c1cn(C2CC2)c2c(OCF)c(F)c(F)cc2c1=O. The summed E-state index contributed by atoms with van der Waals surface area (Å²) in [6.07, 6.45) is 2.43. The Labute approximate surface area is 121 Å². The van der Waals surface area contributed by atoms with Crippen molar-refractivity contribution in [3.8, 4) is 5.75 Å². The van der Waals surface area contributed by atoms with E-state index in [2.05, 4.69) is 4.74 Å². The molecular weight excluding hydrogens is 303 g/mol. The van der Waals surface area contributed by atoms with Crippen LogP contribution in [0.2, 0.25) is 0 Å². The summed E-state index contributed by atoms with van der Waals surface area (Å²) in [4.78, 5) is 23.3. The number of alkyl halides is 1. The Morgan fingerprint density at radius 3 is 2.64 bits per heavy atom. The molecule has 8 heteroatoms. The summed E-state index contributed by atoms with van der Waals surface area (Å²) in [5, 5.41) is 8.72. The third kappa shape index (κ3) is 2.11. The van der Waals surface area contributed by atoms with Crippen LogP contribution in [0.3, 0.4) is 0 Å². The van der Waals surface area contributed by atoms with Gasteiger partial charge < -0.3 is 14.4 Å². The van der Waals surface area contributed by atoms with Crippen molar-refractivity contribution < 1.29 is 27.8 Å². The normalized spacial score (nSPS) is 14.3. The van der Waals surface area contributed by atoms with Crippen LogP contribution in [0.5, 0.6) is 5.75 Å². The zero-order valence-electron chi connectivity index (χ0n) is 11.1. The molecule has 1 aliphatic rings. The van der Waals surface area contributed by atoms with Crippen LogP contribution in [0.15, 0.2) is 17.1 Å². The Morgan fingerprint density at radius 1 is 1.41 bits per heavy atom. The lowest BCUT2D eigenvalue weighted by molar-refractivity contribution is 0.0694. The molecular formula is C14H10F3NO4. The van der Waals surface area contributed by atoms with Gasteiger partial charge in [-0.3, -0.25) is 4.79 Å². The number of nitrogens with zero attached hydrogens (tertiary/aromatic N) is 1. The fraction of sp³-hybridized carbons (Fsp3) is 0.286. The van der Waals surface area contributed by atoms with Crippen molar-refractivity contribution in [1.29, 1.82) is 0 Å². The lowest BCUT2D eigenvalue weighted by atomic mass is 10.1. The fourth-order valence-corrected chi connectivity index (χ4v) is 2.41. The number of hydrogen-bond donors (Lipinski definition) is 1. The molecule has 0 aliphatic heterocycles. The zero-order valence-corrected chi connectivity index (χ0v) is 11.1. The highest BCUT2D eigenvalue weighted by Crippen LogP contribution is 2.40. The van der Waals surface area contributed by atoms with Crippen molar-refractivity contribution in [2.75, 3.05) is 6.86 Å². The van der Waals surface area contributed by atoms with Crippen LogP contribution < -0.4 is 10.2 Å². The Kier molecular flexibility index (Phi) is 3.31. The smallest absolute Gasteiger partial charge is 0.341 e. The molecule has 1 saturated carbocycles. The molecule has 0 bridgehead atoms. The number of aromatic nitrogens is 1. The minimum atomic E-state index is -1.47. The number of fused-ring (bicyclic) bond motifs is 1. The van der Waals surface area contributed by atoms with Crippen LogP contribution in [-0.4, -0.2) is 22.5 Å². The first kappa shape index (κ1) is 14.4. The van der Waals surface area contributed by atoms with Crippen LogP contribution in [0.1, 0.15) is 29.2 Å². The Hall–Kier alpha value is -2.51. The number of benzene rings is 1. The van der Waals surface area contributed by atoms with E-state index in [4.69, 9.17) is 5.11 Å². The summed E-state index contributed by atoms with van der Waals surface area (Å²) in [5.41, 5.74) is -1.66. The number of pyridine rings is 1. The molecule has 1 fully saturated rings. The molecule has 3 rings (SSSR count). The minimum absolute atomic E-state index is 0.131. The molecule has 1 aromatic heterocycles. The van der Waals surface area contributed by atoms with E-state index in [0.717, 1.165) is 6.20 Å². The van der Waals surface area contributed by atoms with Gasteiger partial charge in [0.2, 0.25) is 18.1 Å². The quantitative estimate of drug-likeness (QED) is 0.942. The Bertz CT molecular complexity index is 842. The van der Waals surface area contributed by atoms with Gasteiger partial charge in [-0.2, -0.15) is 4.39 Å². The van der Waals surface area contributed by atoms with Crippen molar-refractivity contribution in [2.24, 2.45) is 0 Å². The topological polar surface area (TPSA) is 68.5 Å². The van der Waals surface area contributed by atoms with Crippen molar-refractivity contribution in [3.63, 3.8) is 0 Å². The van der Waals surface area contributed by atoms with Crippen molar-refractivity contribution in [1.82, 2.24) is 4.57 Å². The molecule has 116 valence electrons. The zero-order chi connectivity index (χ0) is 16.0. The molecule has 0 unspecified atom stereocenters. The molecule has 0 amide bonds. The predicted octanol–water partition coefficient (Wildman–Crippen LogP) is 2.62. The average molecular weight is 313 g/mol. The van der Waals surface area contributed by atoms with E-state index in [1.54, 1.807) is 0 Å². The number of carboxylic acids is 1. The summed E-state index contributed by atoms with van der Waals surface area (Å²) in [7, 11) is 0. The number of hydrogen-bond acceptors (Lipinski definition) is 3. The molecule has 5 nitrogen and oxygen atoms in total. The molecule has 0 atom stereocenters. The second-order valence-corrected chi connectivity index (χ2v) is 4.97. The van der Waals surface area contributed by atoms with Crippen LogP contribution in [-0.2, 0) is 0 Å². The molecule has 2 aromatic rings. The Morgan fingerprint density at radius 2 is 2.09 bits per heavy atom. The highest BCUT2D eigenvalue weighted by atomic mass is 19.2. The van der Waals surface area contributed by atoms with E-state index < -0.39 is 41.2 Å². The van der Waals surface area contributed by atoms with Gasteiger partial charge in [-0.25, -0.2) is 13.6 Å². The van der Waals surface area contributed by atoms with Gasteiger partial charge in [-0.15, -0.1) is 0 Å². The lowest BCUT2D eigenvalue weighted by Crippen LogP contribution is -2.20. The standard InChI is InChI=1S/C14H10F3NO4/c15-5-22-13-10(17)9(16)3-7-11(13)18(6-1-2-6)4-8(12(7)19)14(20)21/h3-4,6H,1-2,5H2,(H,20,21). The number of carbonyl (C=O) groups is 1. The van der Waals surface area contributed by atoms with Crippen LogP contribution >= 0.6 is 0 Å². The van der Waals surface area contributed by atoms with Gasteiger partial charge >= 0.3 is 5.97 Å². The third-order valence-corrected chi connectivity index (χ3v) is 3.54. The number of rotatable bonds is 4. The van der Waals surface area contributed by atoms with Gasteiger partial charge in [-0.1, -0.05) is 0 Å². The van der Waals surface area contributed by atoms with Gasteiger partial charge in [0.1, 0.15) is 5.56 Å². The van der Waals surface area contributed by atoms with E-state index in [9.17, 15) is 22.8 Å². The van der Waals surface area contributed by atoms with E-state index >= 15 is 0 Å². The highest BCUT2D eigenvalue weighted by Gasteiger charge is 2.30. The number of carboxylic acid groups (broad SMARTS) is 1. The second-order valence-electron chi connectivity index (χ2n) is 4.97. The maximum absolute atomic E-state index is 13.9. The van der Waals surface area contributed by atoms with E-state index in [1.807, 2.05) is 0 Å². The largest absolute Gasteiger partial charge is 0.477 e. The molecule has 0 saturated heterocycles. The maximum Gasteiger partial charge on any atom is 0.341 e. The van der Waals surface area contributed by atoms with Gasteiger partial charge in [-0.05, 0) is 18.9 Å². The summed E-state index contributed by atoms with van der Waals surface area (Å²) in [5.74, 6) is -5.02. The number of aromatic carboxylic acids is 1. The first-order valence-electron chi connectivity index (χ1n) is 6.44. The molecule has 0 spiro atoms. The lowest BCUT2D eigenvalue weighted by Gasteiger charge is -2.15. The van der Waals surface area contributed by atoms with E-state index in [1.165, 1.54) is 4.57 Å². The molecule has 0 radical (unpaired) electrons. The molecule has 1 aromatic carbocycles. The summed E-state index contributed by atoms with van der Waals surface area (Å²) >= 11 is 0. The van der Waals surface area contributed by atoms with E-state index in [0.29, 0.717) is 18.9 Å². The molecule has 22 heavy (non-hydrogen) atoms. The van der Waals surface area contributed by atoms with Crippen LogP contribution in [0.25, 0.3) is 10.9 Å². The van der Waals surface area contributed by atoms with Gasteiger partial charge in [0.25, 0.3) is 0 Å². The number of ether oxygens (including phenoxy) is 1. The number of halogens is 3.